The van der Waals surface area contributed by atoms with Crippen LogP contribution in [0.15, 0.2) is 0 Å². The van der Waals surface area contributed by atoms with Crippen molar-refractivity contribution in [3.63, 3.8) is 0 Å². The van der Waals surface area contributed by atoms with Crippen LogP contribution in [0.1, 0.15) is 39.5 Å². The number of hydrogen-bond donors (Lipinski definition) is 2. The van der Waals surface area contributed by atoms with Crippen LogP contribution in [0.3, 0.4) is 0 Å². The van der Waals surface area contributed by atoms with E-state index in [1.165, 1.54) is 6.42 Å². The molecule has 19 heavy (non-hydrogen) atoms. The molecule has 0 aromatic rings. The van der Waals surface area contributed by atoms with Crippen molar-refractivity contribution >= 4 is 10.8 Å². The number of rotatable bonds is 9. The van der Waals surface area contributed by atoms with Gasteiger partial charge in [-0.15, -0.1) is 0 Å². The fraction of sp³-hybridized carbons (Fsp3) is 1.00. The van der Waals surface area contributed by atoms with Gasteiger partial charge in [0.15, 0.2) is 0 Å². The highest BCUT2D eigenvalue weighted by atomic mass is 32.2. The molecule has 0 radical (unpaired) electrons. The van der Waals surface area contributed by atoms with Gasteiger partial charge in [0.1, 0.15) is 0 Å². The summed E-state index contributed by atoms with van der Waals surface area (Å²) < 4.78 is 16.7. The summed E-state index contributed by atoms with van der Waals surface area (Å²) in [6.45, 7) is 6.12. The summed E-state index contributed by atoms with van der Waals surface area (Å²) >= 11 is 0. The lowest BCUT2D eigenvalue weighted by molar-refractivity contribution is 0.0333. The molecule has 0 aromatic carbocycles. The quantitative estimate of drug-likeness (QED) is 0.629. The van der Waals surface area contributed by atoms with E-state index < -0.39 is 16.9 Å². The summed E-state index contributed by atoms with van der Waals surface area (Å²) in [6, 6.07) is 0.410. The zero-order valence-corrected chi connectivity index (χ0v) is 13.1. The van der Waals surface area contributed by atoms with Crippen molar-refractivity contribution < 1.29 is 14.1 Å². The van der Waals surface area contributed by atoms with Gasteiger partial charge in [-0.3, -0.25) is 4.21 Å². The zero-order valence-electron chi connectivity index (χ0n) is 12.3. The minimum Gasteiger partial charge on any atom is -0.389 e. The second kappa shape index (κ2) is 9.86. The first-order valence-corrected chi connectivity index (χ1v) is 8.91. The van der Waals surface area contributed by atoms with Gasteiger partial charge in [0.25, 0.3) is 0 Å². The number of hydrogen-bond acceptors (Lipinski definition) is 4. The Bertz CT molecular complexity index is 251. The standard InChI is InChI=1S/C14H29NO3S/c1-12(2)4-3-7-18-11-14(16)10-15-13-5-8-19(17)9-6-13/h12-16H,3-11H2,1-2H3. The first kappa shape index (κ1) is 17.1. The van der Waals surface area contributed by atoms with Crippen molar-refractivity contribution in [1.29, 1.82) is 0 Å². The normalized spacial score (nSPS) is 25.7. The Hall–Kier alpha value is 0.0300. The van der Waals surface area contributed by atoms with E-state index in [-0.39, 0.29) is 0 Å². The molecule has 0 amide bonds. The van der Waals surface area contributed by atoms with Gasteiger partial charge < -0.3 is 15.2 Å². The third kappa shape index (κ3) is 8.74. The minimum atomic E-state index is -0.614. The Morgan fingerprint density at radius 3 is 2.68 bits per heavy atom. The maximum absolute atomic E-state index is 11.2. The lowest BCUT2D eigenvalue weighted by atomic mass is 10.1. The van der Waals surface area contributed by atoms with Gasteiger partial charge in [-0.2, -0.15) is 0 Å². The van der Waals surface area contributed by atoms with E-state index in [1.807, 2.05) is 0 Å². The average Bonchev–Trinajstić information content (AvgIpc) is 2.37. The van der Waals surface area contributed by atoms with Crippen LogP contribution in [-0.4, -0.2) is 52.7 Å². The van der Waals surface area contributed by atoms with E-state index in [0.717, 1.165) is 37.4 Å². The third-order valence-electron chi connectivity index (χ3n) is 3.41. The summed E-state index contributed by atoms with van der Waals surface area (Å²) in [5.74, 6) is 2.30. The summed E-state index contributed by atoms with van der Waals surface area (Å²) in [5, 5.41) is 13.1. The van der Waals surface area contributed by atoms with Gasteiger partial charge in [0.05, 0.1) is 12.7 Å². The van der Waals surface area contributed by atoms with Crippen molar-refractivity contribution in [2.45, 2.75) is 51.7 Å². The molecule has 4 nitrogen and oxygen atoms in total. The van der Waals surface area contributed by atoms with Crippen LogP contribution in [0, 0.1) is 5.92 Å². The second-order valence-electron chi connectivity index (χ2n) is 5.80. The lowest BCUT2D eigenvalue weighted by Crippen LogP contribution is -2.41. The largest absolute Gasteiger partial charge is 0.389 e. The highest BCUT2D eigenvalue weighted by Gasteiger charge is 2.18. The molecule has 1 heterocycles. The van der Waals surface area contributed by atoms with Crippen molar-refractivity contribution in [1.82, 2.24) is 5.32 Å². The smallest absolute Gasteiger partial charge is 0.0897 e. The Labute approximate surface area is 119 Å². The lowest BCUT2D eigenvalue weighted by Gasteiger charge is -2.24. The maximum Gasteiger partial charge on any atom is 0.0897 e. The number of nitrogens with one attached hydrogen (secondary N) is 1. The summed E-state index contributed by atoms with van der Waals surface area (Å²) in [5.41, 5.74) is 0. The molecule has 1 rings (SSSR count). The molecule has 5 heteroatoms. The van der Waals surface area contributed by atoms with Crippen LogP contribution in [0.4, 0.5) is 0 Å². The molecule has 0 bridgehead atoms. The molecule has 1 fully saturated rings. The van der Waals surface area contributed by atoms with E-state index in [1.54, 1.807) is 0 Å². The van der Waals surface area contributed by atoms with Crippen LogP contribution in [0.2, 0.25) is 0 Å². The van der Waals surface area contributed by atoms with Gasteiger partial charge in [-0.25, -0.2) is 0 Å². The molecular formula is C14H29NO3S. The molecule has 114 valence electrons. The minimum absolute atomic E-state index is 0.406. The predicted molar refractivity (Wildman–Crippen MR) is 79.8 cm³/mol. The molecule has 0 aliphatic carbocycles. The molecule has 1 aliphatic rings. The van der Waals surface area contributed by atoms with Crippen LogP contribution in [-0.2, 0) is 15.5 Å². The Balaban J connectivity index is 1.95. The Morgan fingerprint density at radius 2 is 2.05 bits per heavy atom. The van der Waals surface area contributed by atoms with Crippen LogP contribution >= 0.6 is 0 Å². The van der Waals surface area contributed by atoms with E-state index in [2.05, 4.69) is 19.2 Å². The molecule has 0 saturated carbocycles. The van der Waals surface area contributed by atoms with Crippen molar-refractivity contribution in [3.8, 4) is 0 Å². The van der Waals surface area contributed by atoms with E-state index >= 15 is 0 Å². The van der Waals surface area contributed by atoms with E-state index in [0.29, 0.717) is 25.1 Å². The summed E-state index contributed by atoms with van der Waals surface area (Å²) in [7, 11) is -0.614. The molecule has 1 aliphatic heterocycles. The molecule has 1 saturated heterocycles. The number of aliphatic hydroxyl groups is 1. The van der Waals surface area contributed by atoms with Gasteiger partial charge in [-0.1, -0.05) is 13.8 Å². The Morgan fingerprint density at radius 1 is 1.37 bits per heavy atom. The molecule has 1 unspecified atom stereocenters. The summed E-state index contributed by atoms with van der Waals surface area (Å²) in [6.07, 6.45) is 3.70. The third-order valence-corrected chi connectivity index (χ3v) is 4.79. The van der Waals surface area contributed by atoms with Gasteiger partial charge >= 0.3 is 0 Å². The highest BCUT2D eigenvalue weighted by molar-refractivity contribution is 7.85. The van der Waals surface area contributed by atoms with Crippen molar-refractivity contribution in [3.05, 3.63) is 0 Å². The average molecular weight is 291 g/mol. The molecule has 0 spiro atoms. The number of ether oxygens (including phenoxy) is 1. The van der Waals surface area contributed by atoms with Gasteiger partial charge in [0.2, 0.25) is 0 Å². The van der Waals surface area contributed by atoms with Crippen LogP contribution < -0.4 is 5.32 Å². The molecule has 1 atom stereocenters. The van der Waals surface area contributed by atoms with Gasteiger partial charge in [-0.05, 0) is 31.6 Å². The Kier molecular flexibility index (Phi) is 8.86. The van der Waals surface area contributed by atoms with E-state index in [9.17, 15) is 9.32 Å². The monoisotopic (exact) mass is 291 g/mol. The number of aliphatic hydroxyl groups excluding tert-OH is 1. The zero-order chi connectivity index (χ0) is 14.1. The predicted octanol–water partition coefficient (Wildman–Crippen LogP) is 1.30. The van der Waals surface area contributed by atoms with Crippen molar-refractivity contribution in [2.75, 3.05) is 31.3 Å². The van der Waals surface area contributed by atoms with Crippen LogP contribution in [0.25, 0.3) is 0 Å². The maximum atomic E-state index is 11.2. The fourth-order valence-corrected chi connectivity index (χ4v) is 3.47. The SMILES string of the molecule is CC(C)CCCOCC(O)CNC1CCS(=O)CC1. The molecule has 2 N–H and O–H groups in total. The molecule has 0 aromatic heterocycles. The molecular weight excluding hydrogens is 262 g/mol. The van der Waals surface area contributed by atoms with E-state index in [4.69, 9.17) is 4.74 Å². The second-order valence-corrected chi connectivity index (χ2v) is 7.49. The first-order valence-electron chi connectivity index (χ1n) is 7.42. The first-order chi connectivity index (χ1) is 9.08. The highest BCUT2D eigenvalue weighted by Crippen LogP contribution is 2.09. The van der Waals surface area contributed by atoms with Gasteiger partial charge in [0, 0.05) is 41.5 Å². The summed E-state index contributed by atoms with van der Waals surface area (Å²) in [4.78, 5) is 0. The van der Waals surface area contributed by atoms with Crippen molar-refractivity contribution in [2.24, 2.45) is 5.92 Å². The topological polar surface area (TPSA) is 58.6 Å². The fourth-order valence-electron chi connectivity index (χ4n) is 2.17. The van der Waals surface area contributed by atoms with Crippen LogP contribution in [0.5, 0.6) is 0 Å².